The van der Waals surface area contributed by atoms with Crippen LogP contribution in [0.4, 0.5) is 10.5 Å². The van der Waals surface area contributed by atoms with Gasteiger partial charge in [-0.25, -0.2) is 4.79 Å². The molecule has 23 heavy (non-hydrogen) atoms. The fraction of sp³-hybridized carbons (Fsp3) is 0.588. The predicted molar refractivity (Wildman–Crippen MR) is 95.6 cm³/mol. The van der Waals surface area contributed by atoms with E-state index in [1.165, 1.54) is 0 Å². The van der Waals surface area contributed by atoms with Crippen LogP contribution in [0.15, 0.2) is 16.6 Å². The number of ether oxygens (including phenoxy) is 1. The SMILES string of the molecule is COc1cc(Br)c(C)cc1N1CCN(C(=O)O)C(C(C)(C)C)C1. The molecular weight excluding hydrogens is 360 g/mol. The van der Waals surface area contributed by atoms with Crippen LogP contribution in [-0.2, 0) is 0 Å². The highest BCUT2D eigenvalue weighted by Crippen LogP contribution is 2.37. The Morgan fingerprint density at radius 2 is 2.00 bits per heavy atom. The van der Waals surface area contributed by atoms with E-state index < -0.39 is 6.09 Å². The van der Waals surface area contributed by atoms with E-state index in [1.807, 2.05) is 13.0 Å². The molecule has 1 aliphatic heterocycles. The Morgan fingerprint density at radius 1 is 1.35 bits per heavy atom. The van der Waals surface area contributed by atoms with Gasteiger partial charge in [0, 0.05) is 24.1 Å². The average molecular weight is 385 g/mol. The Bertz CT molecular complexity index is 598. The van der Waals surface area contributed by atoms with Crippen LogP contribution in [0.1, 0.15) is 26.3 Å². The first-order chi connectivity index (χ1) is 10.6. The summed E-state index contributed by atoms with van der Waals surface area (Å²) < 4.78 is 6.54. The Balaban J connectivity index is 2.36. The van der Waals surface area contributed by atoms with Crippen molar-refractivity contribution in [2.45, 2.75) is 33.7 Å². The summed E-state index contributed by atoms with van der Waals surface area (Å²) in [6.07, 6.45) is -0.844. The largest absolute Gasteiger partial charge is 0.495 e. The average Bonchev–Trinajstić information content (AvgIpc) is 2.48. The standard InChI is InChI=1S/C17H25BrN2O3/c1-11-8-13(14(23-5)9-12(11)18)19-6-7-20(16(21)22)15(10-19)17(2,3)4/h8-9,15H,6-7,10H2,1-5H3,(H,21,22). The highest BCUT2D eigenvalue weighted by atomic mass is 79.9. The van der Waals surface area contributed by atoms with E-state index >= 15 is 0 Å². The molecular formula is C17H25BrN2O3. The summed E-state index contributed by atoms with van der Waals surface area (Å²) in [7, 11) is 1.66. The van der Waals surface area contributed by atoms with Gasteiger partial charge >= 0.3 is 6.09 Å². The maximum absolute atomic E-state index is 11.6. The Morgan fingerprint density at radius 3 is 2.52 bits per heavy atom. The highest BCUT2D eigenvalue weighted by Gasteiger charge is 2.38. The number of rotatable bonds is 2. The zero-order valence-corrected chi connectivity index (χ0v) is 16.0. The van der Waals surface area contributed by atoms with Gasteiger partial charge in [0.1, 0.15) is 5.75 Å². The molecule has 1 heterocycles. The van der Waals surface area contributed by atoms with E-state index in [0.717, 1.165) is 21.5 Å². The van der Waals surface area contributed by atoms with Gasteiger partial charge in [-0.15, -0.1) is 0 Å². The molecule has 1 aromatic carbocycles. The minimum absolute atomic E-state index is 0.0672. The number of aryl methyl sites for hydroxylation is 1. The number of carbonyl (C=O) groups is 1. The molecule has 0 aliphatic carbocycles. The molecule has 1 aliphatic rings. The van der Waals surface area contributed by atoms with Crippen molar-refractivity contribution in [3.63, 3.8) is 0 Å². The number of methoxy groups -OCH3 is 1. The lowest BCUT2D eigenvalue weighted by Crippen LogP contribution is -2.59. The first kappa shape index (κ1) is 17.9. The minimum Gasteiger partial charge on any atom is -0.495 e. The number of hydrogen-bond donors (Lipinski definition) is 1. The van der Waals surface area contributed by atoms with Gasteiger partial charge in [-0.05, 0) is 30.0 Å². The van der Waals surface area contributed by atoms with E-state index in [1.54, 1.807) is 12.0 Å². The molecule has 1 aromatic rings. The number of halogens is 1. The summed E-state index contributed by atoms with van der Waals surface area (Å²) in [6.45, 7) is 10.1. The van der Waals surface area contributed by atoms with Gasteiger partial charge in [0.25, 0.3) is 0 Å². The predicted octanol–water partition coefficient (Wildman–Crippen LogP) is 3.98. The molecule has 5 nitrogen and oxygen atoms in total. The van der Waals surface area contributed by atoms with Crippen molar-refractivity contribution < 1.29 is 14.6 Å². The van der Waals surface area contributed by atoms with Crippen molar-refractivity contribution in [1.82, 2.24) is 4.90 Å². The van der Waals surface area contributed by atoms with E-state index in [9.17, 15) is 9.90 Å². The number of nitrogens with zero attached hydrogens (tertiary/aromatic N) is 2. The topological polar surface area (TPSA) is 53.0 Å². The second kappa shape index (κ2) is 6.59. The van der Waals surface area contributed by atoms with Gasteiger partial charge < -0.3 is 19.6 Å². The first-order valence-electron chi connectivity index (χ1n) is 7.73. The Labute approximate surface area is 146 Å². The molecule has 1 unspecified atom stereocenters. The third-order valence-electron chi connectivity index (χ3n) is 4.43. The number of amides is 1. The monoisotopic (exact) mass is 384 g/mol. The van der Waals surface area contributed by atoms with Crippen LogP contribution in [0.25, 0.3) is 0 Å². The molecule has 128 valence electrons. The number of benzene rings is 1. The third-order valence-corrected chi connectivity index (χ3v) is 5.28. The van der Waals surface area contributed by atoms with Gasteiger partial charge in [-0.1, -0.05) is 36.7 Å². The lowest BCUT2D eigenvalue weighted by Gasteiger charge is -2.47. The quantitative estimate of drug-likeness (QED) is 0.837. The Kier molecular flexibility index (Phi) is 5.14. The van der Waals surface area contributed by atoms with Gasteiger partial charge in [-0.3, -0.25) is 0 Å². The second-order valence-corrected chi connectivity index (χ2v) is 7.93. The van der Waals surface area contributed by atoms with Crippen LogP contribution < -0.4 is 9.64 Å². The van der Waals surface area contributed by atoms with Crippen molar-refractivity contribution in [2.75, 3.05) is 31.6 Å². The number of carboxylic acid groups (broad SMARTS) is 1. The fourth-order valence-electron chi connectivity index (χ4n) is 3.03. The minimum atomic E-state index is -0.844. The number of piperazine rings is 1. The molecule has 0 aromatic heterocycles. The van der Waals surface area contributed by atoms with Crippen LogP contribution in [0.2, 0.25) is 0 Å². The summed E-state index contributed by atoms with van der Waals surface area (Å²) in [4.78, 5) is 15.3. The van der Waals surface area contributed by atoms with Crippen LogP contribution in [-0.4, -0.2) is 48.9 Å². The highest BCUT2D eigenvalue weighted by molar-refractivity contribution is 9.10. The maximum Gasteiger partial charge on any atom is 0.407 e. The van der Waals surface area contributed by atoms with Crippen LogP contribution >= 0.6 is 15.9 Å². The van der Waals surface area contributed by atoms with Gasteiger partial charge in [0.15, 0.2) is 0 Å². The lowest BCUT2D eigenvalue weighted by molar-refractivity contribution is 0.0747. The molecule has 1 atom stereocenters. The molecule has 0 radical (unpaired) electrons. The number of hydrogen-bond acceptors (Lipinski definition) is 3. The van der Waals surface area contributed by atoms with E-state index in [4.69, 9.17) is 4.74 Å². The van der Waals surface area contributed by atoms with E-state index in [0.29, 0.717) is 19.6 Å². The van der Waals surface area contributed by atoms with Crippen LogP contribution in [0.3, 0.4) is 0 Å². The van der Waals surface area contributed by atoms with Gasteiger partial charge in [0.2, 0.25) is 0 Å². The molecule has 0 spiro atoms. The zero-order valence-electron chi connectivity index (χ0n) is 14.4. The van der Waals surface area contributed by atoms with E-state index in [-0.39, 0.29) is 11.5 Å². The molecule has 1 fully saturated rings. The fourth-order valence-corrected chi connectivity index (χ4v) is 3.35. The van der Waals surface area contributed by atoms with Crippen molar-refractivity contribution in [3.8, 4) is 5.75 Å². The second-order valence-electron chi connectivity index (χ2n) is 7.08. The lowest BCUT2D eigenvalue weighted by atomic mass is 9.84. The maximum atomic E-state index is 11.6. The van der Waals surface area contributed by atoms with Crippen molar-refractivity contribution >= 4 is 27.7 Å². The summed E-state index contributed by atoms with van der Waals surface area (Å²) in [5.74, 6) is 0.805. The van der Waals surface area contributed by atoms with Gasteiger partial charge in [0.05, 0.1) is 18.8 Å². The summed E-state index contributed by atoms with van der Waals surface area (Å²) in [6, 6.07) is 4.00. The third kappa shape index (κ3) is 3.74. The van der Waals surface area contributed by atoms with E-state index in [2.05, 4.69) is 47.7 Å². The Hall–Kier alpha value is -1.43. The summed E-state index contributed by atoms with van der Waals surface area (Å²) >= 11 is 3.53. The van der Waals surface area contributed by atoms with Crippen LogP contribution in [0.5, 0.6) is 5.75 Å². The zero-order chi connectivity index (χ0) is 17.4. The van der Waals surface area contributed by atoms with Crippen molar-refractivity contribution in [2.24, 2.45) is 5.41 Å². The van der Waals surface area contributed by atoms with Crippen molar-refractivity contribution in [1.29, 1.82) is 0 Å². The molecule has 0 saturated carbocycles. The summed E-state index contributed by atoms with van der Waals surface area (Å²) in [5, 5.41) is 9.49. The molecule has 1 N–H and O–H groups in total. The molecule has 1 saturated heterocycles. The summed E-state index contributed by atoms with van der Waals surface area (Å²) in [5.41, 5.74) is 2.02. The van der Waals surface area contributed by atoms with Gasteiger partial charge in [-0.2, -0.15) is 0 Å². The normalized spacial score (nSPS) is 19.0. The van der Waals surface area contributed by atoms with Crippen molar-refractivity contribution in [3.05, 3.63) is 22.2 Å². The molecule has 2 rings (SSSR count). The molecule has 1 amide bonds. The molecule has 6 heteroatoms. The number of anilines is 1. The first-order valence-corrected chi connectivity index (χ1v) is 8.53. The smallest absolute Gasteiger partial charge is 0.407 e. The molecule has 0 bridgehead atoms. The van der Waals surface area contributed by atoms with Crippen LogP contribution in [0, 0.1) is 12.3 Å².